The Morgan fingerprint density at radius 2 is 1.31 bits per heavy atom. The van der Waals surface area contributed by atoms with Crippen molar-refractivity contribution in [2.24, 2.45) is 0 Å². The molecule has 2 aromatic heterocycles. The third-order valence-corrected chi connectivity index (χ3v) is 14.2. The van der Waals surface area contributed by atoms with Crippen LogP contribution in [-0.2, 0) is 6.42 Å². The summed E-state index contributed by atoms with van der Waals surface area (Å²) in [6.07, 6.45) is 13.7. The molecule has 5 heteroatoms. The van der Waals surface area contributed by atoms with Crippen molar-refractivity contribution in [2.45, 2.75) is 28.9 Å². The van der Waals surface area contributed by atoms with Gasteiger partial charge in [-0.2, -0.15) is 0 Å². The van der Waals surface area contributed by atoms with E-state index in [1.165, 1.54) is 69.2 Å². The third-order valence-electron chi connectivity index (χ3n) is 11.6. The number of benzene rings is 7. The van der Waals surface area contributed by atoms with E-state index >= 15 is 0 Å². The highest BCUT2D eigenvalue weighted by atomic mass is 32.2. The average molecular weight is 780 g/mol. The summed E-state index contributed by atoms with van der Waals surface area (Å²) < 4.78 is 2.44. The topological polar surface area (TPSA) is 38.7 Å². The molecule has 2 unspecified atom stereocenters. The minimum absolute atomic E-state index is 0.186. The summed E-state index contributed by atoms with van der Waals surface area (Å²) in [5, 5.41) is 5.34. The molecule has 0 N–H and O–H groups in total. The largest absolute Gasteiger partial charge is 0.208 e. The number of nitrogens with zero attached hydrogens (tertiary/aromatic N) is 3. The zero-order chi connectivity index (χ0) is 38.6. The van der Waals surface area contributed by atoms with E-state index in [1.807, 2.05) is 30.0 Å². The molecule has 0 saturated heterocycles. The van der Waals surface area contributed by atoms with E-state index in [4.69, 9.17) is 15.0 Å². The number of allylic oxidation sites excluding steroid dienone is 2. The lowest BCUT2D eigenvalue weighted by atomic mass is 9.85. The Kier molecular flexibility index (Phi) is 8.71. The first-order chi connectivity index (χ1) is 28.7. The van der Waals surface area contributed by atoms with Crippen LogP contribution in [0, 0.1) is 0 Å². The van der Waals surface area contributed by atoms with Gasteiger partial charge in [0.2, 0.25) is 0 Å². The van der Waals surface area contributed by atoms with Crippen LogP contribution in [0.2, 0.25) is 0 Å². The summed E-state index contributed by atoms with van der Waals surface area (Å²) in [5.41, 5.74) is 10.8. The van der Waals surface area contributed by atoms with Gasteiger partial charge in [-0.1, -0.05) is 152 Å². The highest BCUT2D eigenvalue weighted by Gasteiger charge is 2.32. The maximum atomic E-state index is 5.17. The van der Waals surface area contributed by atoms with Gasteiger partial charge in [-0.15, -0.1) is 29.7 Å². The number of hydrogen-bond donors (Lipinski definition) is 0. The molecule has 0 amide bonds. The zero-order valence-electron chi connectivity index (χ0n) is 31.7. The maximum Gasteiger partial charge on any atom is 0.165 e. The third kappa shape index (κ3) is 6.01. The molecule has 2 aliphatic rings. The van der Waals surface area contributed by atoms with Gasteiger partial charge in [0.25, 0.3) is 0 Å². The van der Waals surface area contributed by atoms with Crippen molar-refractivity contribution >= 4 is 66.2 Å². The fourth-order valence-corrected chi connectivity index (χ4v) is 11.3. The van der Waals surface area contributed by atoms with Gasteiger partial charge < -0.3 is 0 Å². The lowest BCUT2D eigenvalue weighted by Gasteiger charge is -2.19. The Morgan fingerprint density at radius 1 is 0.621 bits per heavy atom. The summed E-state index contributed by atoms with van der Waals surface area (Å²) in [6.45, 7) is 4.29. The van der Waals surface area contributed by atoms with E-state index in [1.54, 1.807) is 11.3 Å². The molecule has 0 fully saturated rings. The van der Waals surface area contributed by atoms with E-state index in [0.717, 1.165) is 29.5 Å². The van der Waals surface area contributed by atoms with Gasteiger partial charge in [0, 0.05) is 52.9 Å². The molecule has 0 saturated carbocycles. The number of aromatic nitrogens is 3. The van der Waals surface area contributed by atoms with Crippen LogP contribution in [0.5, 0.6) is 0 Å². The van der Waals surface area contributed by atoms with E-state index in [9.17, 15) is 0 Å². The number of thioether (sulfide) groups is 1. The van der Waals surface area contributed by atoms with Crippen molar-refractivity contribution in [3.8, 4) is 45.3 Å². The second-order valence-electron chi connectivity index (χ2n) is 15.0. The number of rotatable bonds is 7. The number of fused-ring (bicyclic) bond motifs is 7. The smallest absolute Gasteiger partial charge is 0.165 e. The van der Waals surface area contributed by atoms with Crippen LogP contribution in [0.25, 0.3) is 88.4 Å². The van der Waals surface area contributed by atoms with E-state index in [-0.39, 0.29) is 11.2 Å². The van der Waals surface area contributed by atoms with Gasteiger partial charge in [-0.25, -0.2) is 15.0 Å². The molecule has 3 nitrogen and oxygen atoms in total. The molecule has 3 heterocycles. The molecule has 1 aliphatic carbocycles. The van der Waals surface area contributed by atoms with Gasteiger partial charge in [0.1, 0.15) is 0 Å². The molecule has 2 atom stereocenters. The fourth-order valence-electron chi connectivity index (χ4n) is 8.79. The van der Waals surface area contributed by atoms with Crippen molar-refractivity contribution in [3.05, 3.63) is 193 Å². The lowest BCUT2D eigenvalue weighted by molar-refractivity contribution is 0.898. The fraction of sp³-hybridized carbons (Fsp3) is 0.0755. The van der Waals surface area contributed by atoms with Crippen molar-refractivity contribution in [2.75, 3.05) is 0 Å². The first kappa shape index (κ1) is 34.8. The van der Waals surface area contributed by atoms with Crippen molar-refractivity contribution in [3.63, 3.8) is 0 Å². The van der Waals surface area contributed by atoms with Crippen molar-refractivity contribution in [1.82, 2.24) is 15.0 Å². The Balaban J connectivity index is 0.983. The summed E-state index contributed by atoms with van der Waals surface area (Å²) in [4.78, 5) is 16.6. The summed E-state index contributed by atoms with van der Waals surface area (Å²) in [5.74, 6) is 2.18. The normalized spacial score (nSPS) is 16.0. The van der Waals surface area contributed by atoms with E-state index < -0.39 is 0 Å². The molecule has 7 aromatic carbocycles. The van der Waals surface area contributed by atoms with Gasteiger partial charge in [-0.05, 0) is 81.3 Å². The minimum Gasteiger partial charge on any atom is -0.208 e. The first-order valence-electron chi connectivity index (χ1n) is 19.8. The van der Waals surface area contributed by atoms with Crippen LogP contribution in [0.3, 0.4) is 0 Å². The minimum atomic E-state index is 0.186. The van der Waals surface area contributed by atoms with Crippen molar-refractivity contribution in [1.29, 1.82) is 0 Å². The molecule has 0 spiro atoms. The average Bonchev–Trinajstić information content (AvgIpc) is 3.86. The lowest BCUT2D eigenvalue weighted by Crippen LogP contribution is -2.06. The van der Waals surface area contributed by atoms with Gasteiger partial charge in [0.05, 0.1) is 0 Å². The van der Waals surface area contributed by atoms with Crippen LogP contribution in [0.4, 0.5) is 0 Å². The molecule has 9 aromatic rings. The number of thiophene rings is 1. The van der Waals surface area contributed by atoms with E-state index in [0.29, 0.717) is 17.5 Å². The molecule has 58 heavy (non-hydrogen) atoms. The van der Waals surface area contributed by atoms with Crippen LogP contribution in [0.1, 0.15) is 34.6 Å². The second-order valence-corrected chi connectivity index (χ2v) is 17.2. The summed E-state index contributed by atoms with van der Waals surface area (Å²) in [6, 6.07) is 51.9. The van der Waals surface area contributed by atoms with Crippen LogP contribution >= 0.6 is 23.1 Å². The predicted molar refractivity (Wildman–Crippen MR) is 247 cm³/mol. The van der Waals surface area contributed by atoms with E-state index in [2.05, 4.69) is 164 Å². The Bertz CT molecular complexity index is 3120. The molecule has 276 valence electrons. The summed E-state index contributed by atoms with van der Waals surface area (Å²) in [7, 11) is 0. The molecule has 0 bridgehead atoms. The van der Waals surface area contributed by atoms with Crippen LogP contribution < -0.4 is 0 Å². The van der Waals surface area contributed by atoms with Crippen LogP contribution in [-0.4, -0.2) is 20.2 Å². The Labute approximate surface area is 346 Å². The van der Waals surface area contributed by atoms with Gasteiger partial charge in [-0.3, -0.25) is 0 Å². The zero-order valence-corrected chi connectivity index (χ0v) is 33.3. The molecule has 11 rings (SSSR count). The summed E-state index contributed by atoms with van der Waals surface area (Å²) >= 11 is 3.70. The highest BCUT2D eigenvalue weighted by Crippen LogP contribution is 2.51. The van der Waals surface area contributed by atoms with Gasteiger partial charge in [0.15, 0.2) is 17.5 Å². The maximum absolute atomic E-state index is 5.17. The number of hydrogen-bond acceptors (Lipinski definition) is 5. The monoisotopic (exact) mass is 779 g/mol. The first-order valence-corrected chi connectivity index (χ1v) is 21.5. The Hall–Kier alpha value is -6.40. The molecule has 1 aliphatic heterocycles. The molecule has 0 radical (unpaired) electrons. The standard InChI is InChI=1S/C53H37N3S2/c1-2-46-44(31-30-37-32-36-16-6-7-17-38(36)41-19-9-8-18-39(37)41)49-40(21-13-25-48(49)57-46)33-26-28-35(29-27-33)52-54-51(34-14-4-3-5-15-34)55-53(56-52)45-23-12-22-43-42-20-10-11-24-47(42)58-50(43)45/h2-7,9-17,19-32,44,46H,1,8,18H2/b31-30+. The van der Waals surface area contributed by atoms with Crippen molar-refractivity contribution < 1.29 is 0 Å². The predicted octanol–water partition coefficient (Wildman–Crippen LogP) is 14.5. The van der Waals surface area contributed by atoms with Crippen LogP contribution in [0.15, 0.2) is 175 Å². The molecular weight excluding hydrogens is 743 g/mol. The molecular formula is C53H37N3S2. The second kappa shape index (κ2) is 14.5. The SMILES string of the molecule is C=CC1Sc2cccc(-c3ccc(-c4nc(-c5ccccc5)nc(-c5cccc6c5sc5ccccc56)n4)cc3)c2C1/C=C/c1cc2ccccc2c2c1CCC=C2. The van der Waals surface area contributed by atoms with Gasteiger partial charge >= 0.3 is 0 Å². The highest BCUT2D eigenvalue weighted by molar-refractivity contribution is 8.00. The quantitative estimate of drug-likeness (QED) is 0.151. The Morgan fingerprint density at radius 3 is 2.16 bits per heavy atom.